The summed E-state index contributed by atoms with van der Waals surface area (Å²) in [6, 6.07) is 0. The summed E-state index contributed by atoms with van der Waals surface area (Å²) in [6.45, 7) is 6.45. The standard InChI is InChI=1S/C48H84O7/c1-4-6-25-32-43(49)36-37-45-42(35-38-46(45)51)31-27-23-24-29-34-48(53)55-40-44(50)39-54-47(52)33-28-22-20-18-16-14-12-10-8-7-9-11-13-15-17-19-21-26-30-41(3)5-2/h23,27,35-38,41-45,49-50H,4-22,24-26,28-34,39-40H2,1-3H3/b27-23-,37-36+/t41?,42-,43-,44+,45+/m0/s1. The average Bonchev–Trinajstić information content (AvgIpc) is 3.53. The number of esters is 2. The fourth-order valence-electron chi connectivity index (χ4n) is 7.17. The Hall–Kier alpha value is -2.25. The van der Waals surface area contributed by atoms with Crippen LogP contribution >= 0.6 is 0 Å². The molecule has 2 N–H and O–H groups in total. The van der Waals surface area contributed by atoms with Crippen molar-refractivity contribution in [3.8, 4) is 0 Å². The van der Waals surface area contributed by atoms with E-state index in [1.54, 1.807) is 12.2 Å². The summed E-state index contributed by atoms with van der Waals surface area (Å²) in [6.07, 6.45) is 42.6. The first kappa shape index (κ1) is 50.8. The van der Waals surface area contributed by atoms with Crippen LogP contribution in [0, 0.1) is 17.8 Å². The van der Waals surface area contributed by atoms with Crippen molar-refractivity contribution in [2.75, 3.05) is 13.2 Å². The zero-order valence-electron chi connectivity index (χ0n) is 35.7. The molecule has 0 fully saturated rings. The normalized spacial score (nSPS) is 17.4. The molecule has 1 rings (SSSR count). The number of carbonyl (C=O) groups is 3. The van der Waals surface area contributed by atoms with Gasteiger partial charge in [0.1, 0.15) is 19.3 Å². The van der Waals surface area contributed by atoms with Crippen molar-refractivity contribution in [2.24, 2.45) is 17.8 Å². The van der Waals surface area contributed by atoms with Gasteiger partial charge in [-0.3, -0.25) is 14.4 Å². The monoisotopic (exact) mass is 773 g/mol. The molecular formula is C48H84O7. The van der Waals surface area contributed by atoms with Gasteiger partial charge in [0.25, 0.3) is 0 Å². The zero-order valence-corrected chi connectivity index (χ0v) is 35.7. The second-order valence-electron chi connectivity index (χ2n) is 16.4. The Labute approximate surface area is 337 Å². The minimum absolute atomic E-state index is 0.0752. The molecule has 7 nitrogen and oxygen atoms in total. The third-order valence-corrected chi connectivity index (χ3v) is 11.2. The smallest absolute Gasteiger partial charge is 0.305 e. The number of allylic oxidation sites excluding steroid dienone is 5. The lowest BCUT2D eigenvalue weighted by molar-refractivity contribution is -0.152. The van der Waals surface area contributed by atoms with E-state index in [1.165, 1.54) is 109 Å². The zero-order chi connectivity index (χ0) is 40.2. The predicted molar refractivity (Wildman–Crippen MR) is 228 cm³/mol. The van der Waals surface area contributed by atoms with Crippen LogP contribution in [-0.2, 0) is 23.9 Å². The SMILES string of the molecule is CCCCC[C@H](O)/C=C/[C@H]1C(=O)C=C[C@@H]1C/C=C\CCCC(=O)OC[C@H](O)COC(=O)CCCCCCCCCCCCCCCCCCCCC(C)CC. The number of hydrogen-bond acceptors (Lipinski definition) is 7. The van der Waals surface area contributed by atoms with E-state index in [1.807, 2.05) is 24.3 Å². The van der Waals surface area contributed by atoms with E-state index >= 15 is 0 Å². The number of ether oxygens (including phenoxy) is 2. The number of aliphatic hydroxyl groups is 2. The lowest BCUT2D eigenvalue weighted by Gasteiger charge is -2.13. The fourth-order valence-corrected chi connectivity index (χ4v) is 7.17. The molecule has 0 aromatic carbocycles. The van der Waals surface area contributed by atoms with Gasteiger partial charge < -0.3 is 19.7 Å². The molecule has 0 bridgehead atoms. The summed E-state index contributed by atoms with van der Waals surface area (Å²) in [5.41, 5.74) is 0. The molecule has 318 valence electrons. The van der Waals surface area contributed by atoms with Gasteiger partial charge in [-0.05, 0) is 50.0 Å². The van der Waals surface area contributed by atoms with E-state index in [9.17, 15) is 24.6 Å². The molecule has 0 aliphatic heterocycles. The molecule has 0 spiro atoms. The molecule has 0 amide bonds. The van der Waals surface area contributed by atoms with Gasteiger partial charge in [0, 0.05) is 18.8 Å². The molecule has 5 atom stereocenters. The van der Waals surface area contributed by atoms with E-state index in [4.69, 9.17) is 9.47 Å². The highest BCUT2D eigenvalue weighted by Crippen LogP contribution is 2.28. The highest BCUT2D eigenvalue weighted by molar-refractivity contribution is 5.95. The average molecular weight is 773 g/mol. The van der Waals surface area contributed by atoms with E-state index in [0.29, 0.717) is 19.3 Å². The maximum absolute atomic E-state index is 12.3. The van der Waals surface area contributed by atoms with E-state index < -0.39 is 12.2 Å². The fraction of sp³-hybridized carbons (Fsp3) is 0.812. The van der Waals surface area contributed by atoms with E-state index in [0.717, 1.165) is 57.3 Å². The molecule has 1 aliphatic carbocycles. The van der Waals surface area contributed by atoms with Crippen molar-refractivity contribution in [3.05, 3.63) is 36.5 Å². The van der Waals surface area contributed by atoms with Crippen LogP contribution in [0.4, 0.5) is 0 Å². The maximum atomic E-state index is 12.3. The first-order valence-electron chi connectivity index (χ1n) is 23.0. The Morgan fingerprint density at radius 2 is 1.16 bits per heavy atom. The third-order valence-electron chi connectivity index (χ3n) is 11.2. The molecule has 0 aromatic rings. The first-order valence-corrected chi connectivity index (χ1v) is 23.0. The van der Waals surface area contributed by atoms with Crippen molar-refractivity contribution < 1.29 is 34.1 Å². The summed E-state index contributed by atoms with van der Waals surface area (Å²) in [4.78, 5) is 36.4. The van der Waals surface area contributed by atoms with Gasteiger partial charge >= 0.3 is 11.9 Å². The number of hydrogen-bond donors (Lipinski definition) is 2. The highest BCUT2D eigenvalue weighted by Gasteiger charge is 2.27. The molecule has 0 radical (unpaired) electrons. The molecular weight excluding hydrogens is 689 g/mol. The molecule has 7 heteroatoms. The Kier molecular flexibility index (Phi) is 33.3. The lowest BCUT2D eigenvalue weighted by atomic mass is 9.90. The van der Waals surface area contributed by atoms with Gasteiger partial charge in [-0.15, -0.1) is 0 Å². The van der Waals surface area contributed by atoms with Crippen LogP contribution < -0.4 is 0 Å². The molecule has 1 unspecified atom stereocenters. The predicted octanol–water partition coefficient (Wildman–Crippen LogP) is 12.3. The second kappa shape index (κ2) is 36.1. The molecule has 1 aliphatic rings. The minimum atomic E-state index is -1.03. The topological polar surface area (TPSA) is 110 Å². The number of aliphatic hydroxyl groups excluding tert-OH is 2. The van der Waals surface area contributed by atoms with Gasteiger partial charge in [0.15, 0.2) is 5.78 Å². The summed E-state index contributed by atoms with van der Waals surface area (Å²) in [5.74, 6) is 0.125. The van der Waals surface area contributed by atoms with Crippen LogP contribution in [0.1, 0.15) is 207 Å². The third kappa shape index (κ3) is 30.6. The van der Waals surface area contributed by atoms with Crippen LogP contribution in [0.3, 0.4) is 0 Å². The molecule has 0 aromatic heterocycles. The summed E-state index contributed by atoms with van der Waals surface area (Å²) >= 11 is 0. The minimum Gasteiger partial charge on any atom is -0.463 e. The van der Waals surface area contributed by atoms with Gasteiger partial charge in [-0.1, -0.05) is 192 Å². The van der Waals surface area contributed by atoms with Crippen molar-refractivity contribution in [3.63, 3.8) is 0 Å². The Balaban J connectivity index is 1.91. The Morgan fingerprint density at radius 3 is 1.69 bits per heavy atom. The van der Waals surface area contributed by atoms with Gasteiger partial charge in [-0.25, -0.2) is 0 Å². The number of unbranched alkanes of at least 4 members (excludes halogenated alkanes) is 20. The van der Waals surface area contributed by atoms with Crippen molar-refractivity contribution in [1.29, 1.82) is 0 Å². The van der Waals surface area contributed by atoms with Crippen molar-refractivity contribution in [2.45, 2.75) is 219 Å². The Bertz CT molecular complexity index is 1030. The van der Waals surface area contributed by atoms with Gasteiger partial charge in [0.05, 0.1) is 6.10 Å². The quantitative estimate of drug-likeness (QED) is 0.0365. The molecule has 0 saturated heterocycles. The van der Waals surface area contributed by atoms with Crippen LogP contribution in [0.15, 0.2) is 36.5 Å². The Morgan fingerprint density at radius 1 is 0.673 bits per heavy atom. The number of rotatable bonds is 38. The number of carbonyl (C=O) groups excluding carboxylic acids is 3. The van der Waals surface area contributed by atoms with Crippen molar-refractivity contribution >= 4 is 17.7 Å². The highest BCUT2D eigenvalue weighted by atomic mass is 16.6. The van der Waals surface area contributed by atoms with E-state index in [-0.39, 0.29) is 49.2 Å². The van der Waals surface area contributed by atoms with Gasteiger partial charge in [-0.2, -0.15) is 0 Å². The van der Waals surface area contributed by atoms with Crippen LogP contribution in [0.25, 0.3) is 0 Å². The molecule has 0 saturated carbocycles. The number of ketones is 1. The van der Waals surface area contributed by atoms with Crippen LogP contribution in [-0.4, -0.2) is 53.4 Å². The summed E-state index contributed by atoms with van der Waals surface area (Å²) < 4.78 is 10.3. The summed E-state index contributed by atoms with van der Waals surface area (Å²) in [7, 11) is 0. The largest absolute Gasteiger partial charge is 0.463 e. The first-order chi connectivity index (χ1) is 26.8. The lowest BCUT2D eigenvalue weighted by Crippen LogP contribution is -2.25. The van der Waals surface area contributed by atoms with E-state index in [2.05, 4.69) is 20.8 Å². The van der Waals surface area contributed by atoms with Gasteiger partial charge in [0.2, 0.25) is 0 Å². The second-order valence-corrected chi connectivity index (χ2v) is 16.4. The maximum Gasteiger partial charge on any atom is 0.305 e. The summed E-state index contributed by atoms with van der Waals surface area (Å²) in [5, 5.41) is 20.2. The van der Waals surface area contributed by atoms with Crippen LogP contribution in [0.2, 0.25) is 0 Å². The van der Waals surface area contributed by atoms with Crippen molar-refractivity contribution in [1.82, 2.24) is 0 Å². The molecule has 0 heterocycles. The van der Waals surface area contributed by atoms with Crippen LogP contribution in [0.5, 0.6) is 0 Å². The molecule has 55 heavy (non-hydrogen) atoms.